The lowest BCUT2D eigenvalue weighted by atomic mass is 10.5. The molecule has 0 aromatic rings. The van der Waals surface area contributed by atoms with Crippen LogP contribution in [0.4, 0.5) is 0 Å². The first kappa shape index (κ1) is 7.33. The Balaban J connectivity index is 2.17. The molecule has 0 saturated carbocycles. The summed E-state index contributed by atoms with van der Waals surface area (Å²) in [5, 5.41) is 11.6. The van der Waals surface area contributed by atoms with Gasteiger partial charge in [-0.25, -0.2) is 11.0 Å². The average molecular weight is 144 g/mol. The van der Waals surface area contributed by atoms with Gasteiger partial charge in [0.1, 0.15) is 0 Å². The van der Waals surface area contributed by atoms with E-state index in [1.807, 2.05) is 0 Å². The SMILES string of the molecule is NN1C=CNN1CCCO. The van der Waals surface area contributed by atoms with Crippen LogP contribution >= 0.6 is 0 Å². The third-order valence-corrected chi connectivity index (χ3v) is 1.26. The molecule has 0 fully saturated rings. The standard InChI is InChI=1S/C5H12N4O/c6-8-4-2-7-9(8)3-1-5-10/h2,4,7,10H,1,3,5-6H2. The molecule has 1 aliphatic rings. The Labute approximate surface area is 59.6 Å². The van der Waals surface area contributed by atoms with Gasteiger partial charge in [0.05, 0.1) is 6.20 Å². The fraction of sp³-hybridized carbons (Fsp3) is 0.600. The van der Waals surface area contributed by atoms with Gasteiger partial charge >= 0.3 is 0 Å². The Bertz CT molecular complexity index is 127. The molecular formula is C5H12N4O. The summed E-state index contributed by atoms with van der Waals surface area (Å²) in [5.41, 5.74) is 2.88. The summed E-state index contributed by atoms with van der Waals surface area (Å²) in [6.07, 6.45) is 4.15. The van der Waals surface area contributed by atoms with E-state index in [1.54, 1.807) is 17.5 Å². The molecule has 0 atom stereocenters. The van der Waals surface area contributed by atoms with E-state index in [9.17, 15) is 0 Å². The van der Waals surface area contributed by atoms with E-state index < -0.39 is 0 Å². The number of hydrazine groups is 3. The minimum absolute atomic E-state index is 0.187. The van der Waals surface area contributed by atoms with E-state index in [4.69, 9.17) is 10.9 Å². The molecule has 58 valence electrons. The highest BCUT2D eigenvalue weighted by Gasteiger charge is 2.09. The largest absolute Gasteiger partial charge is 0.396 e. The van der Waals surface area contributed by atoms with Gasteiger partial charge in [-0.2, -0.15) is 0 Å². The fourth-order valence-corrected chi connectivity index (χ4v) is 0.743. The molecular weight excluding hydrogens is 132 g/mol. The number of aliphatic hydroxyl groups excluding tert-OH is 1. The van der Waals surface area contributed by atoms with Crippen LogP contribution < -0.4 is 11.3 Å². The highest BCUT2D eigenvalue weighted by atomic mass is 16.3. The van der Waals surface area contributed by atoms with Gasteiger partial charge < -0.3 is 10.5 Å². The van der Waals surface area contributed by atoms with Gasteiger partial charge in [0.2, 0.25) is 0 Å². The molecule has 0 spiro atoms. The van der Waals surface area contributed by atoms with Crippen molar-refractivity contribution in [1.82, 2.24) is 15.7 Å². The maximum Gasteiger partial charge on any atom is 0.0531 e. The quantitative estimate of drug-likeness (QED) is 0.432. The van der Waals surface area contributed by atoms with Crippen molar-refractivity contribution in [2.75, 3.05) is 13.2 Å². The molecule has 1 aliphatic heterocycles. The average Bonchev–Trinajstić information content (AvgIpc) is 2.31. The summed E-state index contributed by atoms with van der Waals surface area (Å²) in [7, 11) is 0. The number of aliphatic hydroxyl groups is 1. The van der Waals surface area contributed by atoms with Gasteiger partial charge in [-0.05, 0) is 6.42 Å². The molecule has 5 heteroatoms. The van der Waals surface area contributed by atoms with Crippen LogP contribution in [0.25, 0.3) is 0 Å². The molecule has 5 nitrogen and oxygen atoms in total. The Morgan fingerprint density at radius 1 is 1.60 bits per heavy atom. The number of nitrogens with zero attached hydrogens (tertiary/aromatic N) is 2. The number of hydrogen-bond acceptors (Lipinski definition) is 5. The lowest BCUT2D eigenvalue weighted by Gasteiger charge is -2.23. The van der Waals surface area contributed by atoms with Crippen molar-refractivity contribution < 1.29 is 5.11 Å². The van der Waals surface area contributed by atoms with Crippen LogP contribution in [-0.4, -0.2) is 28.5 Å². The molecule has 4 N–H and O–H groups in total. The first-order valence-electron chi connectivity index (χ1n) is 3.19. The zero-order valence-electron chi connectivity index (χ0n) is 5.70. The molecule has 0 radical (unpaired) electrons. The summed E-state index contributed by atoms with van der Waals surface area (Å²) in [6, 6.07) is 0. The number of nitrogens with one attached hydrogen (secondary N) is 1. The predicted molar refractivity (Wildman–Crippen MR) is 36.7 cm³/mol. The molecule has 0 bridgehead atoms. The third-order valence-electron chi connectivity index (χ3n) is 1.26. The molecule has 0 amide bonds. The molecule has 0 unspecified atom stereocenters. The van der Waals surface area contributed by atoms with Crippen molar-refractivity contribution in [1.29, 1.82) is 0 Å². The first-order valence-corrected chi connectivity index (χ1v) is 3.19. The van der Waals surface area contributed by atoms with Crippen LogP contribution in [0.5, 0.6) is 0 Å². The van der Waals surface area contributed by atoms with E-state index in [0.717, 1.165) is 0 Å². The van der Waals surface area contributed by atoms with Gasteiger partial charge in [0.15, 0.2) is 0 Å². The summed E-state index contributed by atoms with van der Waals surface area (Å²) in [5.74, 6) is 5.45. The smallest absolute Gasteiger partial charge is 0.0531 e. The highest BCUT2D eigenvalue weighted by Crippen LogP contribution is 1.96. The second-order valence-corrected chi connectivity index (χ2v) is 2.03. The van der Waals surface area contributed by atoms with Gasteiger partial charge in [-0.1, -0.05) is 0 Å². The van der Waals surface area contributed by atoms with Gasteiger partial charge in [-0.3, -0.25) is 0 Å². The molecule has 1 rings (SSSR count). The molecule has 0 aromatic heterocycles. The minimum Gasteiger partial charge on any atom is -0.396 e. The van der Waals surface area contributed by atoms with Gasteiger partial charge in [0, 0.05) is 19.4 Å². The lowest BCUT2D eigenvalue weighted by molar-refractivity contribution is 0.00134. The second-order valence-electron chi connectivity index (χ2n) is 2.03. The summed E-state index contributed by atoms with van der Waals surface area (Å²) in [6.45, 7) is 0.895. The fourth-order valence-electron chi connectivity index (χ4n) is 0.743. The molecule has 1 heterocycles. The maximum absolute atomic E-state index is 8.48. The molecule has 0 aromatic carbocycles. The topological polar surface area (TPSA) is 64.8 Å². The molecule has 0 saturated heterocycles. The van der Waals surface area contributed by atoms with E-state index in [-0.39, 0.29) is 6.61 Å². The van der Waals surface area contributed by atoms with Crippen molar-refractivity contribution in [3.63, 3.8) is 0 Å². The van der Waals surface area contributed by atoms with Crippen LogP contribution in [-0.2, 0) is 0 Å². The maximum atomic E-state index is 8.48. The Hall–Kier alpha value is -0.780. The van der Waals surface area contributed by atoms with E-state index in [1.165, 1.54) is 5.12 Å². The zero-order chi connectivity index (χ0) is 7.40. The van der Waals surface area contributed by atoms with Crippen molar-refractivity contribution in [3.8, 4) is 0 Å². The van der Waals surface area contributed by atoms with Crippen molar-refractivity contribution in [2.45, 2.75) is 6.42 Å². The Morgan fingerprint density at radius 2 is 2.40 bits per heavy atom. The number of nitrogens with two attached hydrogens (primary N) is 1. The Morgan fingerprint density at radius 3 is 2.90 bits per heavy atom. The van der Waals surface area contributed by atoms with Crippen LogP contribution in [0, 0.1) is 0 Å². The van der Waals surface area contributed by atoms with Crippen LogP contribution in [0.1, 0.15) is 6.42 Å². The highest BCUT2D eigenvalue weighted by molar-refractivity contribution is 4.80. The van der Waals surface area contributed by atoms with Crippen LogP contribution in [0.2, 0.25) is 0 Å². The van der Waals surface area contributed by atoms with E-state index in [0.29, 0.717) is 13.0 Å². The lowest BCUT2D eigenvalue weighted by Crippen LogP contribution is -2.46. The zero-order valence-corrected chi connectivity index (χ0v) is 5.70. The predicted octanol–water partition coefficient (Wildman–Crippen LogP) is -1.25. The summed E-state index contributed by atoms with van der Waals surface area (Å²) in [4.78, 5) is 0. The van der Waals surface area contributed by atoms with Crippen molar-refractivity contribution >= 4 is 0 Å². The van der Waals surface area contributed by atoms with Crippen LogP contribution in [0.3, 0.4) is 0 Å². The van der Waals surface area contributed by atoms with Crippen molar-refractivity contribution in [3.05, 3.63) is 12.4 Å². The third kappa shape index (κ3) is 1.60. The summed E-state index contributed by atoms with van der Waals surface area (Å²) < 4.78 is 0. The second kappa shape index (κ2) is 3.40. The van der Waals surface area contributed by atoms with Gasteiger partial charge in [0.25, 0.3) is 0 Å². The van der Waals surface area contributed by atoms with Crippen LogP contribution in [0.15, 0.2) is 12.4 Å². The number of rotatable bonds is 3. The monoisotopic (exact) mass is 144 g/mol. The van der Waals surface area contributed by atoms with Crippen molar-refractivity contribution in [2.24, 2.45) is 5.84 Å². The first-order chi connectivity index (χ1) is 4.84. The molecule has 0 aliphatic carbocycles. The minimum atomic E-state index is 0.187. The number of hydrogen-bond donors (Lipinski definition) is 3. The summed E-state index contributed by atoms with van der Waals surface area (Å²) >= 11 is 0. The Kier molecular flexibility index (Phi) is 2.49. The molecule has 10 heavy (non-hydrogen) atoms. The van der Waals surface area contributed by atoms with E-state index >= 15 is 0 Å². The van der Waals surface area contributed by atoms with E-state index in [2.05, 4.69) is 5.43 Å². The van der Waals surface area contributed by atoms with Gasteiger partial charge in [-0.15, -0.1) is 5.12 Å². The normalized spacial score (nSPS) is 18.0.